The summed E-state index contributed by atoms with van der Waals surface area (Å²) < 4.78 is 0. The average molecular weight is 366 g/mol. The second-order valence-corrected chi connectivity index (χ2v) is 6.96. The van der Waals surface area contributed by atoms with Crippen molar-refractivity contribution in [2.24, 2.45) is 11.8 Å². The summed E-state index contributed by atoms with van der Waals surface area (Å²) in [7, 11) is 0. The van der Waals surface area contributed by atoms with Gasteiger partial charge in [-0.1, -0.05) is 54.1 Å². The van der Waals surface area contributed by atoms with Gasteiger partial charge >= 0.3 is 0 Å². The van der Waals surface area contributed by atoms with Crippen LogP contribution in [0.15, 0.2) is 60.7 Å². The number of rotatable bonds is 3. The van der Waals surface area contributed by atoms with Crippen molar-refractivity contribution in [3.8, 4) is 0 Å². The van der Waals surface area contributed by atoms with Crippen molar-refractivity contribution in [3.05, 3.63) is 76.8 Å². The Kier molecular flexibility index (Phi) is 4.21. The topological polar surface area (TPSA) is 54.5 Å². The molecule has 4 rings (SSSR count). The van der Waals surface area contributed by atoms with Gasteiger partial charge in [-0.15, -0.1) is 0 Å². The molecule has 1 heterocycles. The average Bonchev–Trinajstić information content (AvgIpc) is 2.93. The van der Waals surface area contributed by atoms with Crippen LogP contribution < -0.4 is 4.90 Å². The van der Waals surface area contributed by atoms with Crippen LogP contribution in [0.2, 0.25) is 5.02 Å². The number of hydrogen-bond donors (Lipinski definition) is 0. The van der Waals surface area contributed by atoms with Crippen LogP contribution in [0.4, 0.5) is 5.69 Å². The Morgan fingerprint density at radius 2 is 1.54 bits per heavy atom. The third kappa shape index (κ3) is 2.67. The standard InChI is InChI=1S/C21H16ClNO3/c22-14-10-11-18(17(12-14)19(24)13-6-2-1-3-7-13)23-20(25)15-8-4-5-9-16(15)21(23)26/h1-7,10-12,15-16H,8-9H2/t15-,16-/m1/s1. The van der Waals surface area contributed by atoms with Crippen molar-refractivity contribution < 1.29 is 14.4 Å². The third-order valence-electron chi connectivity index (χ3n) is 4.99. The quantitative estimate of drug-likeness (QED) is 0.469. The molecule has 1 saturated heterocycles. The number of amides is 2. The minimum atomic E-state index is -0.345. The van der Waals surface area contributed by atoms with Crippen molar-refractivity contribution in [2.75, 3.05) is 4.90 Å². The van der Waals surface area contributed by atoms with Gasteiger partial charge in [0, 0.05) is 16.1 Å². The van der Waals surface area contributed by atoms with Crippen LogP contribution in [0.25, 0.3) is 0 Å². The van der Waals surface area contributed by atoms with Crippen molar-refractivity contribution in [2.45, 2.75) is 12.8 Å². The first kappa shape index (κ1) is 16.7. The molecule has 2 amide bonds. The van der Waals surface area contributed by atoms with E-state index in [0.717, 1.165) is 0 Å². The Hall–Kier alpha value is -2.72. The highest BCUT2D eigenvalue weighted by Gasteiger charge is 2.48. The van der Waals surface area contributed by atoms with E-state index in [-0.39, 0.29) is 35.0 Å². The minimum absolute atomic E-state index is 0.242. The van der Waals surface area contributed by atoms with Gasteiger partial charge in [-0.3, -0.25) is 14.4 Å². The van der Waals surface area contributed by atoms with Gasteiger partial charge in [-0.25, -0.2) is 4.90 Å². The Morgan fingerprint density at radius 3 is 2.15 bits per heavy atom. The monoisotopic (exact) mass is 365 g/mol. The SMILES string of the molecule is O=C(c1ccccc1)c1cc(Cl)ccc1N1C(=O)[C@@H]2CC=CC[C@H]2C1=O. The van der Waals surface area contributed by atoms with E-state index in [0.29, 0.717) is 29.1 Å². The molecule has 0 saturated carbocycles. The summed E-state index contributed by atoms with van der Waals surface area (Å²) in [5, 5.41) is 0.381. The summed E-state index contributed by atoms with van der Waals surface area (Å²) in [5.74, 6) is -1.44. The van der Waals surface area contributed by atoms with Gasteiger partial charge in [-0.2, -0.15) is 0 Å². The van der Waals surface area contributed by atoms with E-state index in [9.17, 15) is 14.4 Å². The number of benzene rings is 2. The molecule has 26 heavy (non-hydrogen) atoms. The molecule has 2 atom stereocenters. The first-order chi connectivity index (χ1) is 12.6. The van der Waals surface area contributed by atoms with Crippen LogP contribution >= 0.6 is 11.6 Å². The van der Waals surface area contributed by atoms with Crippen LogP contribution in [0.1, 0.15) is 28.8 Å². The summed E-state index contributed by atoms with van der Waals surface area (Å²) in [5.41, 5.74) is 1.05. The lowest BCUT2D eigenvalue weighted by Crippen LogP contribution is -2.32. The number of carbonyl (C=O) groups is 3. The second kappa shape index (κ2) is 6.54. The molecular formula is C21H16ClNO3. The van der Waals surface area contributed by atoms with Gasteiger partial charge in [0.05, 0.1) is 17.5 Å². The fourth-order valence-corrected chi connectivity index (χ4v) is 3.84. The number of ketones is 1. The zero-order valence-corrected chi connectivity index (χ0v) is 14.6. The molecule has 1 aliphatic carbocycles. The fraction of sp³-hybridized carbons (Fsp3) is 0.190. The molecule has 4 nitrogen and oxygen atoms in total. The van der Waals surface area contributed by atoms with E-state index in [4.69, 9.17) is 11.6 Å². The lowest BCUT2D eigenvalue weighted by Gasteiger charge is -2.18. The number of nitrogens with zero attached hydrogens (tertiary/aromatic N) is 1. The number of anilines is 1. The van der Waals surface area contributed by atoms with Crippen molar-refractivity contribution in [1.82, 2.24) is 0 Å². The van der Waals surface area contributed by atoms with Gasteiger partial charge < -0.3 is 0 Å². The van der Waals surface area contributed by atoms with Gasteiger partial charge in [0.15, 0.2) is 5.78 Å². The van der Waals surface area contributed by atoms with Gasteiger partial charge in [0.2, 0.25) is 11.8 Å². The predicted molar refractivity (Wildman–Crippen MR) is 99.2 cm³/mol. The van der Waals surface area contributed by atoms with E-state index in [2.05, 4.69) is 0 Å². The van der Waals surface area contributed by atoms with Crippen molar-refractivity contribution in [1.29, 1.82) is 0 Å². The normalized spacial score (nSPS) is 21.8. The predicted octanol–water partition coefficient (Wildman–Crippen LogP) is 4.03. The van der Waals surface area contributed by atoms with Crippen LogP contribution in [0, 0.1) is 11.8 Å². The number of hydrogen-bond acceptors (Lipinski definition) is 3. The smallest absolute Gasteiger partial charge is 0.238 e. The first-order valence-electron chi connectivity index (χ1n) is 8.50. The second-order valence-electron chi connectivity index (χ2n) is 6.52. The summed E-state index contributed by atoms with van der Waals surface area (Å²) >= 11 is 6.10. The number of imide groups is 1. The molecule has 0 bridgehead atoms. The highest BCUT2D eigenvalue weighted by molar-refractivity contribution is 6.32. The third-order valence-corrected chi connectivity index (χ3v) is 5.22. The van der Waals surface area contributed by atoms with Crippen LogP contribution in [0.5, 0.6) is 0 Å². The molecule has 2 aromatic carbocycles. The van der Waals surface area contributed by atoms with Crippen LogP contribution in [-0.4, -0.2) is 17.6 Å². The number of allylic oxidation sites excluding steroid dienone is 2. The highest BCUT2D eigenvalue weighted by atomic mass is 35.5. The number of fused-ring (bicyclic) bond motifs is 1. The molecule has 2 aromatic rings. The van der Waals surface area contributed by atoms with Crippen LogP contribution in [-0.2, 0) is 9.59 Å². The zero-order valence-electron chi connectivity index (χ0n) is 13.9. The highest BCUT2D eigenvalue weighted by Crippen LogP contribution is 2.39. The van der Waals surface area contributed by atoms with E-state index in [1.165, 1.54) is 11.0 Å². The molecule has 0 aromatic heterocycles. The first-order valence-corrected chi connectivity index (χ1v) is 8.88. The molecule has 130 valence electrons. The maximum absolute atomic E-state index is 13.0. The molecule has 5 heteroatoms. The summed E-state index contributed by atoms with van der Waals surface area (Å²) in [6.45, 7) is 0. The maximum atomic E-state index is 13.0. The fourth-order valence-electron chi connectivity index (χ4n) is 3.67. The summed E-state index contributed by atoms with van der Waals surface area (Å²) in [6, 6.07) is 13.5. The van der Waals surface area contributed by atoms with Crippen LogP contribution in [0.3, 0.4) is 0 Å². The molecule has 0 N–H and O–H groups in total. The molecule has 0 radical (unpaired) electrons. The van der Waals surface area contributed by atoms with E-state index < -0.39 is 0 Å². The molecular weight excluding hydrogens is 350 g/mol. The van der Waals surface area contributed by atoms with Crippen molar-refractivity contribution >= 4 is 34.9 Å². The largest absolute Gasteiger partial charge is 0.289 e. The van der Waals surface area contributed by atoms with Gasteiger partial charge in [0.1, 0.15) is 0 Å². The van der Waals surface area contributed by atoms with Gasteiger partial charge in [0.25, 0.3) is 0 Å². The lowest BCUT2D eigenvalue weighted by molar-refractivity contribution is -0.122. The summed E-state index contributed by atoms with van der Waals surface area (Å²) in [6.07, 6.45) is 4.99. The Balaban J connectivity index is 1.79. The molecule has 0 unspecified atom stereocenters. The minimum Gasteiger partial charge on any atom is -0.289 e. The number of carbonyl (C=O) groups excluding carboxylic acids is 3. The Labute approximate surface area is 156 Å². The number of halogens is 1. The summed E-state index contributed by atoms with van der Waals surface area (Å²) in [4.78, 5) is 39.9. The van der Waals surface area contributed by atoms with E-state index in [1.807, 2.05) is 18.2 Å². The van der Waals surface area contributed by atoms with E-state index >= 15 is 0 Å². The molecule has 0 spiro atoms. The zero-order chi connectivity index (χ0) is 18.3. The Morgan fingerprint density at radius 1 is 0.923 bits per heavy atom. The lowest BCUT2D eigenvalue weighted by atomic mass is 9.85. The Bertz CT molecular complexity index is 910. The molecule has 2 aliphatic rings. The van der Waals surface area contributed by atoms with Gasteiger partial charge in [-0.05, 0) is 31.0 Å². The molecule has 1 fully saturated rings. The van der Waals surface area contributed by atoms with Crippen molar-refractivity contribution in [3.63, 3.8) is 0 Å². The maximum Gasteiger partial charge on any atom is 0.238 e. The van der Waals surface area contributed by atoms with E-state index in [1.54, 1.807) is 36.4 Å². The molecule has 1 aliphatic heterocycles.